The van der Waals surface area contributed by atoms with Crippen LogP contribution >= 0.6 is 39.1 Å². The quantitative estimate of drug-likeness (QED) is 0.0865. The first-order chi connectivity index (χ1) is 47.1. The number of hydrogen-bond donors (Lipinski definition) is 0. The summed E-state index contributed by atoms with van der Waals surface area (Å²) < 4.78 is 34.1. The topological polar surface area (TPSA) is 115 Å². The zero-order valence-electron chi connectivity index (χ0n) is 55.7. The highest BCUT2D eigenvalue weighted by molar-refractivity contribution is 9.11. The van der Waals surface area contributed by atoms with E-state index in [0.717, 1.165) is 96.4 Å². The summed E-state index contributed by atoms with van der Waals surface area (Å²) in [4.78, 5) is 34.1. The first-order valence-electron chi connectivity index (χ1n) is 33.6. The molecular formula is C83H78BBrCl2N2O8. The largest absolute Gasteiger partial charge is 0.497 e. The number of carbonyl (C=O) groups is 2. The highest BCUT2D eigenvalue weighted by Crippen LogP contribution is 2.49. The number of aromatic nitrogens is 2. The predicted molar refractivity (Wildman–Crippen MR) is 398 cm³/mol. The summed E-state index contributed by atoms with van der Waals surface area (Å²) in [6, 6.07) is 61.2. The van der Waals surface area contributed by atoms with Gasteiger partial charge in [0.2, 0.25) is 0 Å². The van der Waals surface area contributed by atoms with Crippen LogP contribution in [0, 0.1) is 17.3 Å². The third-order valence-electron chi connectivity index (χ3n) is 19.6. The number of methoxy groups -OCH3 is 4. The molecular weight excluding hydrogens is 1310 g/mol. The second-order valence-corrected chi connectivity index (χ2v) is 28.5. The van der Waals surface area contributed by atoms with Crippen LogP contribution in [-0.4, -0.2) is 70.7 Å². The van der Waals surface area contributed by atoms with Crippen LogP contribution in [0.25, 0.3) is 83.3 Å². The number of rotatable bonds is 12. The molecule has 10 nitrogen and oxygen atoms in total. The molecule has 3 fully saturated rings. The average Bonchev–Trinajstić information content (AvgIpc) is 1.72. The van der Waals surface area contributed by atoms with E-state index in [-0.39, 0.29) is 24.5 Å². The lowest BCUT2D eigenvalue weighted by Crippen LogP contribution is -2.47. The minimum atomic E-state index is -0.336. The van der Waals surface area contributed by atoms with Crippen molar-refractivity contribution in [3.8, 4) is 56.3 Å². The van der Waals surface area contributed by atoms with E-state index in [9.17, 15) is 9.59 Å². The first-order valence-corrected chi connectivity index (χ1v) is 35.2. The number of benzene rings is 8. The number of halogens is 3. The van der Waals surface area contributed by atoms with Gasteiger partial charge in [0.05, 0.1) is 62.0 Å². The van der Waals surface area contributed by atoms with Gasteiger partial charge in [-0.3, -0.25) is 0 Å². The Morgan fingerprint density at radius 3 is 1.43 bits per heavy atom. The van der Waals surface area contributed by atoms with Gasteiger partial charge in [-0.2, -0.15) is 0 Å². The number of esters is 2. The third kappa shape index (κ3) is 14.9. The lowest BCUT2D eigenvalue weighted by atomic mass is 9.75. The fourth-order valence-electron chi connectivity index (χ4n) is 14.6. The van der Waals surface area contributed by atoms with Crippen molar-refractivity contribution in [1.82, 2.24) is 9.97 Å². The van der Waals surface area contributed by atoms with Crippen LogP contribution < -0.4 is 14.9 Å². The van der Waals surface area contributed by atoms with E-state index in [2.05, 4.69) is 96.5 Å². The number of pyridine rings is 2. The molecule has 1 aliphatic heterocycles. The lowest BCUT2D eigenvalue weighted by Gasteiger charge is -2.33. The Labute approximate surface area is 587 Å². The van der Waals surface area contributed by atoms with Crippen LogP contribution in [0.2, 0.25) is 10.0 Å². The summed E-state index contributed by atoms with van der Waals surface area (Å²) in [6.07, 6.45) is 14.6. The molecule has 2 saturated carbocycles. The van der Waals surface area contributed by atoms with Crippen molar-refractivity contribution in [3.63, 3.8) is 0 Å². The van der Waals surface area contributed by atoms with Gasteiger partial charge < -0.3 is 28.3 Å². The number of hydrogen-bond acceptors (Lipinski definition) is 10. The van der Waals surface area contributed by atoms with Gasteiger partial charge in [0, 0.05) is 56.1 Å². The summed E-state index contributed by atoms with van der Waals surface area (Å²) in [5.41, 5.74) is 22.9. The maximum atomic E-state index is 12.3. The Morgan fingerprint density at radius 1 is 0.474 bits per heavy atom. The summed E-state index contributed by atoms with van der Waals surface area (Å²) in [6.45, 7) is 5.64. The second-order valence-electron chi connectivity index (χ2n) is 26.7. The van der Waals surface area contributed by atoms with E-state index in [4.69, 9.17) is 61.4 Å². The number of ether oxygens (including phenoxy) is 4. The highest BCUT2D eigenvalue weighted by Gasteiger charge is 2.35. The molecule has 2 aromatic heterocycles. The van der Waals surface area contributed by atoms with Gasteiger partial charge in [0.25, 0.3) is 0 Å². The molecule has 97 heavy (non-hydrogen) atoms. The summed E-state index contributed by atoms with van der Waals surface area (Å²) in [5.74, 6) is 2.25. The minimum Gasteiger partial charge on any atom is -0.497 e. The predicted octanol–water partition coefficient (Wildman–Crippen LogP) is 20.8. The fraction of sp³-hybridized carbons (Fsp3) is 0.277. The Hall–Kier alpha value is -8.36. The van der Waals surface area contributed by atoms with Crippen molar-refractivity contribution in [1.29, 1.82) is 0 Å². The second kappa shape index (κ2) is 29.8. The molecule has 0 spiro atoms. The van der Waals surface area contributed by atoms with Crippen LogP contribution in [0.1, 0.15) is 127 Å². The lowest BCUT2D eigenvalue weighted by molar-refractivity contribution is 0.0343. The van der Waals surface area contributed by atoms with Gasteiger partial charge in [0.15, 0.2) is 0 Å². The Balaban J connectivity index is 0.000000141. The van der Waals surface area contributed by atoms with E-state index in [1.165, 1.54) is 127 Å². The fourth-order valence-corrected chi connectivity index (χ4v) is 15.7. The molecule has 8 aromatic carbocycles. The highest BCUT2D eigenvalue weighted by atomic mass is 79.9. The number of allylic oxidation sites excluding steroid dienone is 4. The molecule has 14 heteroatoms. The van der Waals surface area contributed by atoms with Crippen molar-refractivity contribution in [2.75, 3.05) is 41.7 Å². The monoisotopic (exact) mass is 1390 g/mol. The van der Waals surface area contributed by atoms with Gasteiger partial charge in [-0.15, -0.1) is 0 Å². The number of carbonyl (C=O) groups excluding carboxylic acids is 2. The summed E-state index contributed by atoms with van der Waals surface area (Å²) in [7, 11) is 5.89. The zero-order chi connectivity index (χ0) is 67.3. The van der Waals surface area contributed by atoms with E-state index >= 15 is 0 Å². The molecule has 0 radical (unpaired) electrons. The molecule has 4 aliphatic carbocycles. The maximum absolute atomic E-state index is 12.3. The van der Waals surface area contributed by atoms with E-state index in [1.54, 1.807) is 14.2 Å². The Bertz CT molecular complexity index is 4660. The van der Waals surface area contributed by atoms with Crippen LogP contribution in [-0.2, 0) is 31.6 Å². The number of nitrogens with zero attached hydrogens (tertiary/aromatic N) is 2. The average molecular weight is 1390 g/mol. The zero-order valence-corrected chi connectivity index (χ0v) is 58.8. The summed E-state index contributed by atoms with van der Waals surface area (Å²) in [5, 5.41) is 3.57. The smallest absolute Gasteiger partial charge is 0.493 e. The molecule has 5 aliphatic rings. The molecule has 0 unspecified atom stereocenters. The molecule has 0 atom stereocenters. The number of fused-ring (bicyclic) bond motifs is 4. The first kappa shape index (κ1) is 67.2. The molecule has 3 heterocycles. The molecule has 15 rings (SSSR count). The standard InChI is InChI=1S/C39H34ClNO3.C27H25BClNO3.C17H19BrO2/c1-43-31-15-17-32(24-8-13-30(40)14-9-24)35(23-31)37-19-12-27-20-26(11-18-36(27)41-37)34-22-29-21-28(39(42)44-2)10-16-33(29)38(34)25-6-4-3-5-7-25;1-27(2)16-32-28(33-17-27)20-7-13-25-19(14-20)6-12-26(30-25)24-15-22(31-3)10-11-23(24)18-4-8-21(29)9-5-18;1-20-17(19)12-7-8-14-13(9-12)10-15(18)16(14)11-5-3-2-4-6-11/h8-21,23,25H,3-7,22H2,1-2H3;4-15H,16-17H2,1-3H3;7-9,11H,2-6,10H2,1H3. The molecule has 1 saturated heterocycles. The van der Waals surface area contributed by atoms with Gasteiger partial charge in [-0.25, -0.2) is 19.6 Å². The van der Waals surface area contributed by atoms with Crippen LogP contribution in [0.4, 0.5) is 0 Å². The van der Waals surface area contributed by atoms with Crippen LogP contribution in [0.5, 0.6) is 11.5 Å². The van der Waals surface area contributed by atoms with Crippen molar-refractivity contribution < 1.29 is 37.8 Å². The SMILES string of the molecule is COC(=O)c1ccc2c(c1)CC(Br)=C2C1CCCCC1.COC(=O)c1ccc2c(c1)CC(c1ccc3nc(-c4cc(OC)ccc4-c4ccc(Cl)cc4)ccc3c1)=C2C1CCCCC1.COc1ccc(-c2ccc(Cl)cc2)c(-c2ccc3cc(B4OCC(C)(C)CO4)ccc3n2)c1. The maximum Gasteiger partial charge on any atom is 0.493 e. The van der Waals surface area contributed by atoms with Crippen molar-refractivity contribution in [2.45, 2.75) is 90.9 Å². The van der Waals surface area contributed by atoms with Gasteiger partial charge in [-0.05, 0) is 225 Å². The third-order valence-corrected chi connectivity index (χ3v) is 20.8. The minimum absolute atomic E-state index is 0.0440. The summed E-state index contributed by atoms with van der Waals surface area (Å²) >= 11 is 16.0. The molecule has 492 valence electrons. The van der Waals surface area contributed by atoms with Crippen molar-refractivity contribution in [3.05, 3.63) is 235 Å². The molecule has 10 aromatic rings. The van der Waals surface area contributed by atoms with Gasteiger partial charge in [-0.1, -0.05) is 170 Å². The Morgan fingerprint density at radius 2 is 0.928 bits per heavy atom. The van der Waals surface area contributed by atoms with Crippen molar-refractivity contribution in [2.24, 2.45) is 17.3 Å². The van der Waals surface area contributed by atoms with Gasteiger partial charge >= 0.3 is 19.1 Å². The molecule has 0 N–H and O–H groups in total. The van der Waals surface area contributed by atoms with E-state index < -0.39 is 0 Å². The van der Waals surface area contributed by atoms with Crippen LogP contribution in [0.15, 0.2) is 186 Å². The van der Waals surface area contributed by atoms with E-state index in [0.29, 0.717) is 46.2 Å². The van der Waals surface area contributed by atoms with Crippen molar-refractivity contribution >= 4 is 102 Å². The molecule has 0 amide bonds. The van der Waals surface area contributed by atoms with E-state index in [1.807, 2.05) is 115 Å². The Kier molecular flexibility index (Phi) is 20.6. The normalized spacial score (nSPS) is 16.0. The molecule has 0 bridgehead atoms. The van der Waals surface area contributed by atoms with Crippen LogP contribution in [0.3, 0.4) is 0 Å². The van der Waals surface area contributed by atoms with Gasteiger partial charge in [0.1, 0.15) is 11.5 Å².